The maximum atomic E-state index is 13.2. The molecule has 152 valence electrons. The highest BCUT2D eigenvalue weighted by molar-refractivity contribution is 7.80. The number of rotatable bonds is 6. The first kappa shape index (κ1) is 20.6. The molecule has 0 saturated heterocycles. The summed E-state index contributed by atoms with van der Waals surface area (Å²) in [4.78, 5) is 14.6. The second kappa shape index (κ2) is 8.08. The summed E-state index contributed by atoms with van der Waals surface area (Å²) in [5.74, 6) is -0.599. The standard InChI is InChI=1S/C19H21F3N2O3S/c1-11-15(17(25)27-9-8-26-2)16(23-18(28)24(11)14-6-7-14)12-4-3-5-13(10-12)19(20,21)22/h3-5,10,14,16H,6-9H2,1-2H3,(H,23,28). The molecule has 1 N–H and O–H groups in total. The molecule has 1 aliphatic heterocycles. The Kier molecular flexibility index (Phi) is 5.95. The van der Waals surface area contributed by atoms with Crippen LogP contribution in [0.1, 0.15) is 36.9 Å². The molecule has 2 aliphatic rings. The molecule has 1 aromatic rings. The molecule has 0 aromatic heterocycles. The third-order valence-electron chi connectivity index (χ3n) is 4.73. The van der Waals surface area contributed by atoms with Gasteiger partial charge in [0.25, 0.3) is 0 Å². The lowest BCUT2D eigenvalue weighted by Gasteiger charge is -2.38. The molecule has 9 heteroatoms. The Morgan fingerprint density at radius 1 is 1.32 bits per heavy atom. The van der Waals surface area contributed by atoms with Crippen LogP contribution in [0.2, 0.25) is 0 Å². The zero-order valence-corrected chi connectivity index (χ0v) is 16.3. The molecule has 3 rings (SSSR count). The molecular weight excluding hydrogens is 393 g/mol. The van der Waals surface area contributed by atoms with E-state index < -0.39 is 23.8 Å². The summed E-state index contributed by atoms with van der Waals surface area (Å²) in [6.07, 6.45) is -2.60. The van der Waals surface area contributed by atoms with Gasteiger partial charge in [0.2, 0.25) is 0 Å². The summed E-state index contributed by atoms with van der Waals surface area (Å²) in [5, 5.41) is 3.43. The summed E-state index contributed by atoms with van der Waals surface area (Å²) < 4.78 is 49.6. The van der Waals surface area contributed by atoms with Crippen molar-refractivity contribution >= 4 is 23.3 Å². The fourth-order valence-corrected chi connectivity index (χ4v) is 3.64. The van der Waals surface area contributed by atoms with Gasteiger partial charge in [-0.3, -0.25) is 0 Å². The summed E-state index contributed by atoms with van der Waals surface area (Å²) in [6.45, 7) is 2.03. The number of carbonyl (C=O) groups excluding carboxylic acids is 1. The maximum absolute atomic E-state index is 13.2. The van der Waals surface area contributed by atoms with Gasteiger partial charge in [-0.2, -0.15) is 13.2 Å². The average molecular weight is 414 g/mol. The van der Waals surface area contributed by atoms with E-state index in [-0.39, 0.29) is 24.8 Å². The predicted molar refractivity (Wildman–Crippen MR) is 100 cm³/mol. The number of ether oxygens (including phenoxy) is 2. The second-order valence-electron chi connectivity index (χ2n) is 6.73. The van der Waals surface area contributed by atoms with Crippen LogP contribution in [0.4, 0.5) is 13.2 Å². The van der Waals surface area contributed by atoms with E-state index >= 15 is 0 Å². The minimum atomic E-state index is -4.48. The minimum absolute atomic E-state index is 0.0509. The van der Waals surface area contributed by atoms with Gasteiger partial charge in [0.05, 0.1) is 23.8 Å². The number of nitrogens with zero attached hydrogens (tertiary/aromatic N) is 1. The highest BCUT2D eigenvalue weighted by Gasteiger charge is 2.41. The van der Waals surface area contributed by atoms with Crippen LogP contribution in [0, 0.1) is 0 Å². The Balaban J connectivity index is 2.00. The molecule has 1 heterocycles. The van der Waals surface area contributed by atoms with E-state index in [0.717, 1.165) is 25.0 Å². The molecule has 0 bridgehead atoms. The van der Waals surface area contributed by atoms with Crippen molar-refractivity contribution in [2.75, 3.05) is 20.3 Å². The number of thiocarbonyl (C=S) groups is 1. The molecular formula is C19H21F3N2O3S. The van der Waals surface area contributed by atoms with Gasteiger partial charge in [-0.25, -0.2) is 4.79 Å². The first-order chi connectivity index (χ1) is 13.2. The van der Waals surface area contributed by atoms with Gasteiger partial charge in [0.1, 0.15) is 6.61 Å². The van der Waals surface area contributed by atoms with Gasteiger partial charge in [-0.05, 0) is 49.7 Å². The Morgan fingerprint density at radius 2 is 2.04 bits per heavy atom. The SMILES string of the molecule is COCCOC(=O)C1=C(C)N(C2CC2)C(=S)NC1c1cccc(C(F)(F)F)c1. The van der Waals surface area contributed by atoms with E-state index in [2.05, 4.69) is 5.32 Å². The number of nitrogens with one attached hydrogen (secondary N) is 1. The number of alkyl halides is 3. The molecule has 1 aliphatic carbocycles. The van der Waals surface area contributed by atoms with Crippen LogP contribution in [0.25, 0.3) is 0 Å². The van der Waals surface area contributed by atoms with Crippen molar-refractivity contribution in [1.82, 2.24) is 10.2 Å². The lowest BCUT2D eigenvalue weighted by molar-refractivity contribution is -0.141. The normalized spacial score (nSPS) is 20.2. The first-order valence-electron chi connectivity index (χ1n) is 8.87. The van der Waals surface area contributed by atoms with Crippen LogP contribution in [0.3, 0.4) is 0 Å². The van der Waals surface area contributed by atoms with Crippen LogP contribution >= 0.6 is 12.2 Å². The number of halogens is 3. The molecule has 28 heavy (non-hydrogen) atoms. The van der Waals surface area contributed by atoms with Crippen LogP contribution in [-0.4, -0.2) is 42.3 Å². The Labute approximate surface area is 166 Å². The number of carbonyl (C=O) groups is 1. The highest BCUT2D eigenvalue weighted by Crippen LogP contribution is 2.39. The largest absolute Gasteiger partial charge is 0.460 e. The molecule has 1 atom stereocenters. The van der Waals surface area contributed by atoms with Gasteiger partial charge in [0.15, 0.2) is 5.11 Å². The lowest BCUT2D eigenvalue weighted by atomic mass is 9.93. The Morgan fingerprint density at radius 3 is 2.64 bits per heavy atom. The molecule has 0 radical (unpaired) electrons. The van der Waals surface area contributed by atoms with Gasteiger partial charge in [-0.15, -0.1) is 0 Å². The van der Waals surface area contributed by atoms with E-state index in [9.17, 15) is 18.0 Å². The zero-order chi connectivity index (χ0) is 20.5. The van der Waals surface area contributed by atoms with Crippen LogP contribution in [-0.2, 0) is 20.4 Å². The Bertz CT molecular complexity index is 806. The monoisotopic (exact) mass is 414 g/mol. The molecule has 1 saturated carbocycles. The number of benzene rings is 1. The van der Waals surface area contributed by atoms with Gasteiger partial charge >= 0.3 is 12.1 Å². The zero-order valence-electron chi connectivity index (χ0n) is 15.5. The topological polar surface area (TPSA) is 50.8 Å². The molecule has 1 unspecified atom stereocenters. The quantitative estimate of drug-likeness (QED) is 0.436. The van der Waals surface area contributed by atoms with E-state index in [1.54, 1.807) is 6.92 Å². The molecule has 1 fully saturated rings. The predicted octanol–water partition coefficient (Wildman–Crippen LogP) is 3.56. The smallest absolute Gasteiger partial charge is 0.416 e. The van der Waals surface area contributed by atoms with Crippen LogP contribution < -0.4 is 5.32 Å². The number of esters is 1. The van der Waals surface area contributed by atoms with Crippen LogP contribution in [0.5, 0.6) is 0 Å². The van der Waals surface area contributed by atoms with Crippen molar-refractivity contribution in [1.29, 1.82) is 0 Å². The summed E-state index contributed by atoms with van der Waals surface area (Å²) in [7, 11) is 1.49. The lowest BCUT2D eigenvalue weighted by Crippen LogP contribution is -2.48. The third-order valence-corrected chi connectivity index (χ3v) is 5.04. The average Bonchev–Trinajstić information content (AvgIpc) is 3.45. The van der Waals surface area contributed by atoms with E-state index in [1.807, 2.05) is 4.90 Å². The van der Waals surface area contributed by atoms with Crippen molar-refractivity contribution < 1.29 is 27.4 Å². The third kappa shape index (κ3) is 4.30. The van der Waals surface area contributed by atoms with Crippen molar-refractivity contribution in [2.24, 2.45) is 0 Å². The summed E-state index contributed by atoms with van der Waals surface area (Å²) in [5.41, 5.74) is 0.379. The van der Waals surface area contributed by atoms with Gasteiger partial charge in [-0.1, -0.05) is 12.1 Å². The fourth-order valence-electron chi connectivity index (χ4n) is 3.23. The van der Waals surface area contributed by atoms with E-state index in [0.29, 0.717) is 16.4 Å². The molecule has 5 nitrogen and oxygen atoms in total. The van der Waals surface area contributed by atoms with Crippen LogP contribution in [0.15, 0.2) is 35.5 Å². The fraction of sp³-hybridized carbons (Fsp3) is 0.474. The highest BCUT2D eigenvalue weighted by atomic mass is 32.1. The second-order valence-corrected chi connectivity index (χ2v) is 7.12. The summed E-state index contributed by atoms with van der Waals surface area (Å²) in [6, 6.07) is 4.26. The number of methoxy groups -OCH3 is 1. The van der Waals surface area contributed by atoms with Crippen molar-refractivity contribution in [3.63, 3.8) is 0 Å². The molecule has 0 spiro atoms. The van der Waals surface area contributed by atoms with Crippen molar-refractivity contribution in [3.8, 4) is 0 Å². The Hall–Kier alpha value is -2.13. The number of allylic oxidation sites excluding steroid dienone is 1. The molecule has 0 amide bonds. The molecule has 1 aromatic carbocycles. The van der Waals surface area contributed by atoms with E-state index in [4.69, 9.17) is 21.7 Å². The maximum Gasteiger partial charge on any atom is 0.416 e. The van der Waals surface area contributed by atoms with Gasteiger partial charge < -0.3 is 19.7 Å². The van der Waals surface area contributed by atoms with E-state index in [1.165, 1.54) is 19.2 Å². The minimum Gasteiger partial charge on any atom is -0.460 e. The number of hydrogen-bond donors (Lipinski definition) is 1. The summed E-state index contributed by atoms with van der Waals surface area (Å²) >= 11 is 5.44. The van der Waals surface area contributed by atoms with Crippen molar-refractivity contribution in [2.45, 2.75) is 38.0 Å². The first-order valence-corrected chi connectivity index (χ1v) is 9.28. The number of hydrogen-bond acceptors (Lipinski definition) is 4. The van der Waals surface area contributed by atoms with Crippen molar-refractivity contribution in [3.05, 3.63) is 46.7 Å². The van der Waals surface area contributed by atoms with Gasteiger partial charge in [0, 0.05) is 18.8 Å².